The van der Waals surface area contributed by atoms with Gasteiger partial charge >= 0.3 is 5.97 Å². The Kier molecular flexibility index (Phi) is 7.54. The largest absolute Gasteiger partial charge is 0.481 e. The molecule has 1 amide bonds. The first kappa shape index (κ1) is 14.9. The number of hydrogen-bond acceptors (Lipinski definition) is 3. The second-order valence-corrected chi connectivity index (χ2v) is 4.10. The molecule has 5 heteroatoms. The summed E-state index contributed by atoms with van der Waals surface area (Å²) in [6.07, 6.45) is 1.50. The smallest absolute Gasteiger partial charge is 0.303 e. The molecule has 4 N–H and O–H groups in total. The van der Waals surface area contributed by atoms with Crippen molar-refractivity contribution in [2.24, 2.45) is 17.6 Å². The van der Waals surface area contributed by atoms with Crippen LogP contribution in [0.5, 0.6) is 0 Å². The van der Waals surface area contributed by atoms with Gasteiger partial charge in [-0.3, -0.25) is 9.59 Å². The summed E-state index contributed by atoms with van der Waals surface area (Å²) in [4.78, 5) is 22.0. The number of aliphatic carboxylic acids is 1. The normalized spacial score (nSPS) is 14.2. The lowest BCUT2D eigenvalue weighted by atomic mass is 10.0. The Morgan fingerprint density at radius 3 is 2.50 bits per heavy atom. The molecule has 5 nitrogen and oxygen atoms in total. The van der Waals surface area contributed by atoms with Crippen LogP contribution in [0.2, 0.25) is 0 Å². The van der Waals surface area contributed by atoms with Crippen molar-refractivity contribution in [1.82, 2.24) is 5.32 Å². The Labute approximate surface area is 96.4 Å². The van der Waals surface area contributed by atoms with Gasteiger partial charge in [-0.1, -0.05) is 20.3 Å². The standard InChI is InChI=1S/C11H22N2O3/c1-3-9(6-10(14)15)7-13-11(16)8(2)4-5-12/h8-9H,3-7,12H2,1-2H3,(H,13,16)(H,14,15). The van der Waals surface area contributed by atoms with Crippen LogP contribution in [0.25, 0.3) is 0 Å². The first-order chi connectivity index (χ1) is 7.51. The van der Waals surface area contributed by atoms with Gasteiger partial charge in [0, 0.05) is 18.9 Å². The molecule has 0 aromatic rings. The maximum absolute atomic E-state index is 11.5. The first-order valence-corrected chi connectivity index (χ1v) is 5.70. The monoisotopic (exact) mass is 230 g/mol. The van der Waals surface area contributed by atoms with Crippen LogP contribution < -0.4 is 11.1 Å². The fourth-order valence-electron chi connectivity index (χ4n) is 1.41. The molecular weight excluding hydrogens is 208 g/mol. The molecule has 0 spiro atoms. The van der Waals surface area contributed by atoms with E-state index in [4.69, 9.17) is 10.8 Å². The zero-order valence-corrected chi connectivity index (χ0v) is 10.0. The average molecular weight is 230 g/mol. The van der Waals surface area contributed by atoms with Gasteiger partial charge in [0.2, 0.25) is 5.91 Å². The lowest BCUT2D eigenvalue weighted by Gasteiger charge is -2.16. The van der Waals surface area contributed by atoms with Gasteiger partial charge in [0.15, 0.2) is 0 Å². The molecule has 0 heterocycles. The van der Waals surface area contributed by atoms with Gasteiger partial charge in [0.1, 0.15) is 0 Å². The van der Waals surface area contributed by atoms with Crippen LogP contribution in [0.3, 0.4) is 0 Å². The predicted octanol–water partition coefficient (Wildman–Crippen LogP) is 0.588. The van der Waals surface area contributed by atoms with Crippen molar-refractivity contribution in [2.75, 3.05) is 13.1 Å². The minimum atomic E-state index is -0.823. The molecule has 2 unspecified atom stereocenters. The zero-order valence-electron chi connectivity index (χ0n) is 10.0. The molecule has 0 saturated carbocycles. The summed E-state index contributed by atoms with van der Waals surface area (Å²) < 4.78 is 0. The first-order valence-electron chi connectivity index (χ1n) is 5.70. The predicted molar refractivity (Wildman–Crippen MR) is 61.9 cm³/mol. The SMILES string of the molecule is CCC(CNC(=O)C(C)CCN)CC(=O)O. The molecule has 0 aromatic heterocycles. The summed E-state index contributed by atoms with van der Waals surface area (Å²) in [6.45, 7) is 4.65. The maximum Gasteiger partial charge on any atom is 0.303 e. The van der Waals surface area contributed by atoms with Gasteiger partial charge in [-0.2, -0.15) is 0 Å². The Hall–Kier alpha value is -1.10. The summed E-state index contributed by atoms with van der Waals surface area (Å²) in [5, 5.41) is 11.4. The highest BCUT2D eigenvalue weighted by Crippen LogP contribution is 2.07. The molecule has 0 rings (SSSR count). The van der Waals surface area contributed by atoms with Gasteiger partial charge in [-0.05, 0) is 18.9 Å². The second-order valence-electron chi connectivity index (χ2n) is 4.10. The third-order valence-electron chi connectivity index (χ3n) is 2.65. The molecule has 0 aromatic carbocycles. The maximum atomic E-state index is 11.5. The van der Waals surface area contributed by atoms with Gasteiger partial charge in [-0.25, -0.2) is 0 Å². The molecule has 16 heavy (non-hydrogen) atoms. The quantitative estimate of drug-likeness (QED) is 0.569. The number of rotatable bonds is 8. The van der Waals surface area contributed by atoms with Crippen LogP contribution in [-0.4, -0.2) is 30.1 Å². The zero-order chi connectivity index (χ0) is 12.6. The minimum Gasteiger partial charge on any atom is -0.481 e. The highest BCUT2D eigenvalue weighted by atomic mass is 16.4. The number of nitrogens with one attached hydrogen (secondary N) is 1. The van der Waals surface area contributed by atoms with Crippen molar-refractivity contribution in [1.29, 1.82) is 0 Å². The molecule has 0 aliphatic rings. The van der Waals surface area contributed by atoms with E-state index in [1.807, 2.05) is 13.8 Å². The number of carboxylic acid groups (broad SMARTS) is 1. The van der Waals surface area contributed by atoms with Gasteiger partial charge in [-0.15, -0.1) is 0 Å². The van der Waals surface area contributed by atoms with E-state index in [1.54, 1.807) is 0 Å². The van der Waals surface area contributed by atoms with E-state index in [0.717, 1.165) is 6.42 Å². The molecule has 0 aliphatic heterocycles. The third-order valence-corrected chi connectivity index (χ3v) is 2.65. The van der Waals surface area contributed by atoms with Crippen molar-refractivity contribution < 1.29 is 14.7 Å². The number of nitrogens with two attached hydrogens (primary N) is 1. The minimum absolute atomic E-state index is 0.00604. The number of carboxylic acids is 1. The van der Waals surface area contributed by atoms with Crippen LogP contribution >= 0.6 is 0 Å². The molecule has 0 bridgehead atoms. The second kappa shape index (κ2) is 8.10. The topological polar surface area (TPSA) is 92.4 Å². The van der Waals surface area contributed by atoms with Gasteiger partial charge < -0.3 is 16.2 Å². The van der Waals surface area contributed by atoms with Gasteiger partial charge in [0.05, 0.1) is 0 Å². The van der Waals surface area contributed by atoms with E-state index in [2.05, 4.69) is 5.32 Å². The number of carbonyl (C=O) groups is 2. The summed E-state index contributed by atoms with van der Waals surface area (Å²) in [5.74, 6) is -0.968. The fourth-order valence-corrected chi connectivity index (χ4v) is 1.41. The lowest BCUT2D eigenvalue weighted by Crippen LogP contribution is -2.34. The summed E-state index contributed by atoms with van der Waals surface area (Å²) in [7, 11) is 0. The van der Waals surface area contributed by atoms with E-state index in [0.29, 0.717) is 19.5 Å². The van der Waals surface area contributed by atoms with E-state index >= 15 is 0 Å². The Morgan fingerprint density at radius 1 is 1.44 bits per heavy atom. The average Bonchev–Trinajstić information content (AvgIpc) is 2.23. The molecule has 0 saturated heterocycles. The Balaban J connectivity index is 3.91. The molecular formula is C11H22N2O3. The van der Waals surface area contributed by atoms with Crippen molar-refractivity contribution in [2.45, 2.75) is 33.1 Å². The molecule has 2 atom stereocenters. The number of hydrogen-bond donors (Lipinski definition) is 3. The summed E-state index contributed by atoms with van der Waals surface area (Å²) in [6, 6.07) is 0. The van der Waals surface area contributed by atoms with E-state index in [1.165, 1.54) is 0 Å². The Morgan fingerprint density at radius 2 is 2.06 bits per heavy atom. The van der Waals surface area contributed by atoms with Gasteiger partial charge in [0.25, 0.3) is 0 Å². The van der Waals surface area contributed by atoms with Crippen LogP contribution in [0.15, 0.2) is 0 Å². The molecule has 0 aliphatic carbocycles. The number of carbonyl (C=O) groups excluding carboxylic acids is 1. The van der Waals surface area contributed by atoms with Crippen LogP contribution in [0, 0.1) is 11.8 Å². The highest BCUT2D eigenvalue weighted by Gasteiger charge is 2.15. The van der Waals surface area contributed by atoms with Crippen molar-refractivity contribution >= 4 is 11.9 Å². The lowest BCUT2D eigenvalue weighted by molar-refractivity contribution is -0.138. The van der Waals surface area contributed by atoms with Crippen molar-refractivity contribution in [3.05, 3.63) is 0 Å². The summed E-state index contributed by atoms with van der Waals surface area (Å²) in [5.41, 5.74) is 5.36. The van der Waals surface area contributed by atoms with Crippen molar-refractivity contribution in [3.8, 4) is 0 Å². The molecule has 0 fully saturated rings. The van der Waals surface area contributed by atoms with Crippen molar-refractivity contribution in [3.63, 3.8) is 0 Å². The fraction of sp³-hybridized carbons (Fsp3) is 0.818. The van der Waals surface area contributed by atoms with E-state index in [-0.39, 0.29) is 24.2 Å². The molecule has 94 valence electrons. The third kappa shape index (κ3) is 6.40. The summed E-state index contributed by atoms with van der Waals surface area (Å²) >= 11 is 0. The highest BCUT2D eigenvalue weighted by molar-refractivity contribution is 5.78. The number of amides is 1. The van der Waals surface area contributed by atoms with E-state index < -0.39 is 5.97 Å². The van der Waals surface area contributed by atoms with Crippen LogP contribution in [0.1, 0.15) is 33.1 Å². The van der Waals surface area contributed by atoms with Crippen LogP contribution in [0.4, 0.5) is 0 Å². The molecule has 0 radical (unpaired) electrons. The van der Waals surface area contributed by atoms with E-state index in [9.17, 15) is 9.59 Å². The Bertz CT molecular complexity index is 231. The van der Waals surface area contributed by atoms with Crippen LogP contribution in [-0.2, 0) is 9.59 Å².